The third kappa shape index (κ3) is 6.73. The Balaban J connectivity index is 1.44. The van der Waals surface area contributed by atoms with Crippen molar-refractivity contribution < 1.29 is 23.8 Å². The molecule has 172 valence electrons. The number of nitrogens with zero attached hydrogens (tertiary/aromatic N) is 3. The highest BCUT2D eigenvalue weighted by atomic mass is 19.1. The average molecular weight is 445 g/mol. The topological polar surface area (TPSA) is 95.0 Å². The maximum atomic E-state index is 13.7. The number of aliphatic hydroxyl groups excluding tert-OH is 1. The number of hydrogen-bond donors (Lipinski definition) is 2. The summed E-state index contributed by atoms with van der Waals surface area (Å²) >= 11 is 0. The largest absolute Gasteiger partial charge is 0.463 e. The second-order valence-corrected chi connectivity index (χ2v) is 7.71. The lowest BCUT2D eigenvalue weighted by Gasteiger charge is -2.36. The molecular weight excluding hydrogens is 415 g/mol. The molecule has 1 aromatic heterocycles. The molecule has 1 atom stereocenters. The Hall–Kier alpha value is -3.04. The zero-order valence-electron chi connectivity index (χ0n) is 18.2. The zero-order valence-corrected chi connectivity index (χ0v) is 18.2. The normalized spacial score (nSPS) is 15.3. The first-order valence-corrected chi connectivity index (χ1v) is 10.8. The first kappa shape index (κ1) is 23.6. The quantitative estimate of drug-likeness (QED) is 0.573. The lowest BCUT2D eigenvalue weighted by Crippen LogP contribution is -2.49. The third-order valence-corrected chi connectivity index (χ3v) is 5.18. The van der Waals surface area contributed by atoms with Gasteiger partial charge in [-0.1, -0.05) is 19.1 Å². The first-order chi connectivity index (χ1) is 15.5. The predicted molar refractivity (Wildman–Crippen MR) is 119 cm³/mol. The van der Waals surface area contributed by atoms with Crippen LogP contribution in [0, 0.1) is 5.82 Å². The molecule has 1 aromatic carbocycles. The standard InChI is InChI=1S/C23H29FN4O4/c1-2-5-22(30)32-16-18(29)15-27-10-12-28(13-11-27)21-9-8-17(14-25-21)26-23(31)19-6-3-4-7-20(19)24/h3-4,6-9,14,18,29H,2,5,10-13,15-16H2,1H3,(H,26,31). The van der Waals surface area contributed by atoms with Crippen molar-refractivity contribution in [1.82, 2.24) is 9.88 Å². The molecule has 1 fully saturated rings. The van der Waals surface area contributed by atoms with Gasteiger partial charge in [0, 0.05) is 39.1 Å². The van der Waals surface area contributed by atoms with Gasteiger partial charge in [0.15, 0.2) is 0 Å². The Morgan fingerprint density at radius 1 is 1.19 bits per heavy atom. The van der Waals surface area contributed by atoms with E-state index >= 15 is 0 Å². The monoisotopic (exact) mass is 444 g/mol. The number of anilines is 2. The van der Waals surface area contributed by atoms with Gasteiger partial charge in [0.25, 0.3) is 5.91 Å². The lowest BCUT2D eigenvalue weighted by atomic mass is 10.2. The van der Waals surface area contributed by atoms with Crippen molar-refractivity contribution in [1.29, 1.82) is 0 Å². The number of carbonyl (C=O) groups is 2. The maximum Gasteiger partial charge on any atom is 0.305 e. The van der Waals surface area contributed by atoms with Crippen LogP contribution in [0.2, 0.25) is 0 Å². The molecule has 2 aromatic rings. The van der Waals surface area contributed by atoms with E-state index in [-0.39, 0.29) is 18.1 Å². The molecule has 0 saturated carbocycles. The number of aromatic nitrogens is 1. The Morgan fingerprint density at radius 3 is 2.59 bits per heavy atom. The molecule has 0 radical (unpaired) electrons. The summed E-state index contributed by atoms with van der Waals surface area (Å²) in [6.45, 7) is 5.32. The van der Waals surface area contributed by atoms with Gasteiger partial charge in [-0.2, -0.15) is 0 Å². The van der Waals surface area contributed by atoms with E-state index in [1.807, 2.05) is 13.0 Å². The summed E-state index contributed by atoms with van der Waals surface area (Å²) in [5.74, 6) is -0.597. The van der Waals surface area contributed by atoms with Gasteiger partial charge in [-0.3, -0.25) is 14.5 Å². The fourth-order valence-corrected chi connectivity index (χ4v) is 3.47. The van der Waals surface area contributed by atoms with Crippen molar-refractivity contribution in [2.24, 2.45) is 0 Å². The average Bonchev–Trinajstić information content (AvgIpc) is 2.79. The van der Waals surface area contributed by atoms with Crippen molar-refractivity contribution in [3.8, 4) is 0 Å². The zero-order chi connectivity index (χ0) is 22.9. The second-order valence-electron chi connectivity index (χ2n) is 7.71. The maximum absolute atomic E-state index is 13.7. The smallest absolute Gasteiger partial charge is 0.305 e. The molecule has 1 saturated heterocycles. The fraction of sp³-hybridized carbons (Fsp3) is 0.435. The highest BCUT2D eigenvalue weighted by Gasteiger charge is 2.21. The van der Waals surface area contributed by atoms with Gasteiger partial charge < -0.3 is 20.1 Å². The van der Waals surface area contributed by atoms with Crippen LogP contribution in [0.25, 0.3) is 0 Å². The fourth-order valence-electron chi connectivity index (χ4n) is 3.47. The van der Waals surface area contributed by atoms with Crippen LogP contribution >= 0.6 is 0 Å². The van der Waals surface area contributed by atoms with Crippen LogP contribution in [-0.2, 0) is 9.53 Å². The number of nitrogens with one attached hydrogen (secondary N) is 1. The van der Waals surface area contributed by atoms with Gasteiger partial charge in [0.05, 0.1) is 17.4 Å². The van der Waals surface area contributed by atoms with Gasteiger partial charge in [0.1, 0.15) is 24.3 Å². The number of carbonyl (C=O) groups excluding carboxylic acids is 2. The van der Waals surface area contributed by atoms with Gasteiger partial charge >= 0.3 is 5.97 Å². The van der Waals surface area contributed by atoms with Crippen molar-refractivity contribution in [3.63, 3.8) is 0 Å². The molecule has 1 unspecified atom stereocenters. The number of aliphatic hydroxyl groups is 1. The number of amides is 1. The van der Waals surface area contributed by atoms with Crippen molar-refractivity contribution in [3.05, 3.63) is 54.0 Å². The van der Waals surface area contributed by atoms with E-state index < -0.39 is 17.8 Å². The molecule has 3 rings (SSSR count). The summed E-state index contributed by atoms with van der Waals surface area (Å²) in [6.07, 6.45) is 1.93. The van der Waals surface area contributed by atoms with Crippen LogP contribution in [0.1, 0.15) is 30.1 Å². The number of piperazine rings is 1. The van der Waals surface area contributed by atoms with E-state index in [4.69, 9.17) is 4.74 Å². The van der Waals surface area contributed by atoms with Crippen LogP contribution in [0.4, 0.5) is 15.9 Å². The summed E-state index contributed by atoms with van der Waals surface area (Å²) in [5, 5.41) is 12.8. The van der Waals surface area contributed by atoms with E-state index in [0.29, 0.717) is 18.7 Å². The van der Waals surface area contributed by atoms with Crippen LogP contribution in [0.15, 0.2) is 42.6 Å². The number of rotatable bonds is 9. The number of pyridine rings is 1. The first-order valence-electron chi connectivity index (χ1n) is 10.8. The van der Waals surface area contributed by atoms with Crippen LogP contribution in [-0.4, -0.2) is 72.3 Å². The highest BCUT2D eigenvalue weighted by molar-refractivity contribution is 6.04. The number of ether oxygens (including phenoxy) is 1. The Kier molecular flexibility index (Phi) is 8.52. The molecule has 8 nitrogen and oxygen atoms in total. The number of benzene rings is 1. The Bertz CT molecular complexity index is 901. The molecule has 1 aliphatic rings. The Morgan fingerprint density at radius 2 is 1.94 bits per heavy atom. The number of halogens is 1. The van der Waals surface area contributed by atoms with Crippen molar-refractivity contribution >= 4 is 23.4 Å². The van der Waals surface area contributed by atoms with Crippen LogP contribution in [0.3, 0.4) is 0 Å². The second kappa shape index (κ2) is 11.5. The summed E-state index contributed by atoms with van der Waals surface area (Å²) in [5.41, 5.74) is 0.469. The summed E-state index contributed by atoms with van der Waals surface area (Å²) in [4.78, 5) is 32.3. The van der Waals surface area contributed by atoms with Gasteiger partial charge in [0.2, 0.25) is 0 Å². The summed E-state index contributed by atoms with van der Waals surface area (Å²) in [7, 11) is 0. The van der Waals surface area contributed by atoms with Crippen LogP contribution < -0.4 is 10.2 Å². The highest BCUT2D eigenvalue weighted by Crippen LogP contribution is 2.17. The van der Waals surface area contributed by atoms with E-state index in [1.165, 1.54) is 18.2 Å². The van der Waals surface area contributed by atoms with Crippen molar-refractivity contribution in [2.75, 3.05) is 49.5 Å². The van der Waals surface area contributed by atoms with Gasteiger partial charge in [-0.25, -0.2) is 9.37 Å². The molecule has 9 heteroatoms. The van der Waals surface area contributed by atoms with Gasteiger partial charge in [-0.05, 0) is 30.7 Å². The molecule has 0 spiro atoms. The molecule has 0 aliphatic carbocycles. The minimum atomic E-state index is -0.710. The van der Waals surface area contributed by atoms with E-state index in [2.05, 4.69) is 20.1 Å². The van der Waals surface area contributed by atoms with E-state index in [9.17, 15) is 19.1 Å². The van der Waals surface area contributed by atoms with E-state index in [1.54, 1.807) is 18.3 Å². The number of β-amino-alcohol motifs (C(OH)–C–C–N with tert-alkyl or cyclic N) is 1. The summed E-state index contributed by atoms with van der Waals surface area (Å²) < 4.78 is 18.8. The lowest BCUT2D eigenvalue weighted by molar-refractivity contribution is -0.147. The van der Waals surface area contributed by atoms with Crippen LogP contribution in [0.5, 0.6) is 0 Å². The van der Waals surface area contributed by atoms with Crippen molar-refractivity contribution in [2.45, 2.75) is 25.9 Å². The summed E-state index contributed by atoms with van der Waals surface area (Å²) in [6, 6.07) is 9.37. The molecule has 0 bridgehead atoms. The number of hydrogen-bond acceptors (Lipinski definition) is 7. The Labute approximate surface area is 187 Å². The molecule has 1 aliphatic heterocycles. The molecule has 2 heterocycles. The SMILES string of the molecule is CCCC(=O)OCC(O)CN1CCN(c2ccc(NC(=O)c3ccccc3F)cn2)CC1. The molecule has 32 heavy (non-hydrogen) atoms. The van der Waals surface area contributed by atoms with Gasteiger partial charge in [-0.15, -0.1) is 0 Å². The molecule has 2 N–H and O–H groups in total. The number of esters is 1. The predicted octanol–water partition coefficient (Wildman–Crippen LogP) is 2.30. The van der Waals surface area contributed by atoms with E-state index in [0.717, 1.165) is 38.4 Å². The minimum absolute atomic E-state index is 0.0146. The third-order valence-electron chi connectivity index (χ3n) is 5.18. The molecule has 1 amide bonds. The minimum Gasteiger partial charge on any atom is -0.463 e. The molecular formula is C23H29FN4O4.